The topological polar surface area (TPSA) is 65.1 Å². The van der Waals surface area contributed by atoms with Gasteiger partial charge in [-0.1, -0.05) is 13.8 Å². The molecule has 0 fully saturated rings. The highest BCUT2D eigenvalue weighted by atomic mass is 16.3. The lowest BCUT2D eigenvalue weighted by atomic mass is 9.83. The van der Waals surface area contributed by atoms with Crippen molar-refractivity contribution in [3.05, 3.63) is 23.0 Å². The minimum atomic E-state index is -0.203. The van der Waals surface area contributed by atoms with E-state index in [2.05, 4.69) is 10.3 Å². The molecule has 0 spiro atoms. The van der Waals surface area contributed by atoms with E-state index in [0.717, 1.165) is 24.1 Å². The summed E-state index contributed by atoms with van der Waals surface area (Å²) in [5, 5.41) is 12.4. The number of hydrogen-bond donors (Lipinski definition) is 3. The minimum Gasteiger partial charge on any atom is -0.396 e. The first-order valence-electron chi connectivity index (χ1n) is 6.53. The van der Waals surface area contributed by atoms with Crippen LogP contribution in [0.1, 0.15) is 48.4 Å². The van der Waals surface area contributed by atoms with Crippen molar-refractivity contribution in [1.29, 1.82) is 0 Å². The molecule has 18 heavy (non-hydrogen) atoms. The molecule has 0 aromatic carbocycles. The van der Waals surface area contributed by atoms with E-state index in [1.54, 1.807) is 0 Å². The Morgan fingerprint density at radius 3 is 2.39 bits per heavy atom. The van der Waals surface area contributed by atoms with Gasteiger partial charge in [-0.25, -0.2) is 0 Å². The Hall–Kier alpha value is -1.29. The van der Waals surface area contributed by atoms with Gasteiger partial charge in [0, 0.05) is 17.7 Å². The third kappa shape index (κ3) is 3.13. The third-order valence-corrected chi connectivity index (χ3v) is 3.84. The van der Waals surface area contributed by atoms with Crippen LogP contribution < -0.4 is 5.32 Å². The maximum Gasteiger partial charge on any atom is 0.267 e. The SMILES string of the molecule is CCC(CC)(CO)CNC(=O)c1[nH]c(C)cc1C. The second-order valence-corrected chi connectivity index (χ2v) is 5.06. The Bertz CT molecular complexity index is 398. The van der Waals surface area contributed by atoms with Gasteiger partial charge in [0.15, 0.2) is 0 Å². The van der Waals surface area contributed by atoms with Crippen molar-refractivity contribution >= 4 is 5.91 Å². The van der Waals surface area contributed by atoms with E-state index in [9.17, 15) is 9.90 Å². The number of carbonyl (C=O) groups excluding carboxylic acids is 1. The van der Waals surface area contributed by atoms with Crippen LogP contribution in [0.2, 0.25) is 0 Å². The number of aliphatic hydroxyl groups is 1. The Kier molecular flexibility index (Phi) is 4.96. The summed E-state index contributed by atoms with van der Waals surface area (Å²) in [7, 11) is 0. The maximum absolute atomic E-state index is 12.0. The quantitative estimate of drug-likeness (QED) is 0.726. The Morgan fingerprint density at radius 1 is 1.39 bits per heavy atom. The third-order valence-electron chi connectivity index (χ3n) is 3.84. The second-order valence-electron chi connectivity index (χ2n) is 5.06. The van der Waals surface area contributed by atoms with Crippen LogP contribution in [0.3, 0.4) is 0 Å². The average molecular weight is 252 g/mol. The molecule has 0 atom stereocenters. The fourth-order valence-electron chi connectivity index (χ4n) is 2.10. The first-order chi connectivity index (χ1) is 8.48. The first-order valence-corrected chi connectivity index (χ1v) is 6.53. The monoisotopic (exact) mass is 252 g/mol. The highest BCUT2D eigenvalue weighted by Crippen LogP contribution is 2.24. The Balaban J connectivity index is 2.69. The summed E-state index contributed by atoms with van der Waals surface area (Å²) >= 11 is 0. The number of aromatic nitrogens is 1. The molecule has 0 bridgehead atoms. The van der Waals surface area contributed by atoms with Crippen LogP contribution in [0.25, 0.3) is 0 Å². The summed E-state index contributed by atoms with van der Waals surface area (Å²) in [5.74, 6) is -0.0969. The van der Waals surface area contributed by atoms with Crippen LogP contribution in [-0.2, 0) is 0 Å². The molecule has 1 aromatic heterocycles. The zero-order valence-electron chi connectivity index (χ0n) is 11.8. The van der Waals surface area contributed by atoms with E-state index < -0.39 is 0 Å². The molecule has 0 aliphatic carbocycles. The largest absolute Gasteiger partial charge is 0.396 e. The summed E-state index contributed by atoms with van der Waals surface area (Å²) in [6.07, 6.45) is 1.70. The van der Waals surface area contributed by atoms with Crippen LogP contribution in [0.4, 0.5) is 0 Å². The molecule has 102 valence electrons. The van der Waals surface area contributed by atoms with E-state index in [1.165, 1.54) is 0 Å². The molecule has 4 heteroatoms. The summed E-state index contributed by atoms with van der Waals surface area (Å²) in [6, 6.07) is 1.95. The zero-order valence-corrected chi connectivity index (χ0v) is 11.8. The Labute approximate surface area is 109 Å². The van der Waals surface area contributed by atoms with Gasteiger partial charge in [0.25, 0.3) is 5.91 Å². The number of aliphatic hydroxyl groups excluding tert-OH is 1. The van der Waals surface area contributed by atoms with Crippen molar-refractivity contribution in [1.82, 2.24) is 10.3 Å². The number of H-pyrrole nitrogens is 1. The van der Waals surface area contributed by atoms with Gasteiger partial charge in [-0.3, -0.25) is 4.79 Å². The smallest absolute Gasteiger partial charge is 0.267 e. The molecule has 3 N–H and O–H groups in total. The lowest BCUT2D eigenvalue weighted by molar-refractivity contribution is 0.0846. The lowest BCUT2D eigenvalue weighted by Gasteiger charge is -2.29. The summed E-state index contributed by atoms with van der Waals surface area (Å²) in [4.78, 5) is 15.1. The van der Waals surface area contributed by atoms with Crippen molar-refractivity contribution in [3.8, 4) is 0 Å². The minimum absolute atomic E-state index is 0.0969. The number of carbonyl (C=O) groups is 1. The lowest BCUT2D eigenvalue weighted by Crippen LogP contribution is -2.39. The molecule has 0 unspecified atom stereocenters. The number of rotatable bonds is 6. The van der Waals surface area contributed by atoms with Crippen LogP contribution in [0.15, 0.2) is 6.07 Å². The molecule has 0 saturated carbocycles. The van der Waals surface area contributed by atoms with Gasteiger partial charge in [-0.15, -0.1) is 0 Å². The molecule has 0 radical (unpaired) electrons. The van der Waals surface area contributed by atoms with Gasteiger partial charge < -0.3 is 15.4 Å². The molecule has 1 rings (SSSR count). The van der Waals surface area contributed by atoms with E-state index in [4.69, 9.17) is 0 Å². The standard InChI is InChI=1S/C14H24N2O2/c1-5-14(6-2,9-17)8-15-13(18)12-10(3)7-11(4)16-12/h7,16-17H,5-6,8-9H2,1-4H3,(H,15,18). The molecule has 1 aromatic rings. The number of amides is 1. The predicted molar refractivity (Wildman–Crippen MR) is 72.7 cm³/mol. The molecular weight excluding hydrogens is 228 g/mol. The van der Waals surface area contributed by atoms with Gasteiger partial charge in [-0.2, -0.15) is 0 Å². The molecule has 4 nitrogen and oxygen atoms in total. The van der Waals surface area contributed by atoms with Crippen LogP contribution in [-0.4, -0.2) is 29.1 Å². The number of aryl methyl sites for hydroxylation is 2. The van der Waals surface area contributed by atoms with Crippen molar-refractivity contribution in [3.63, 3.8) is 0 Å². The van der Waals surface area contributed by atoms with Crippen molar-refractivity contribution in [2.45, 2.75) is 40.5 Å². The van der Waals surface area contributed by atoms with Gasteiger partial charge in [0.05, 0.1) is 6.61 Å². The predicted octanol–water partition coefficient (Wildman–Crippen LogP) is 2.16. The normalized spacial score (nSPS) is 11.6. The average Bonchev–Trinajstić information content (AvgIpc) is 2.70. The van der Waals surface area contributed by atoms with Crippen molar-refractivity contribution < 1.29 is 9.90 Å². The van der Waals surface area contributed by atoms with E-state index in [-0.39, 0.29) is 17.9 Å². The fourth-order valence-corrected chi connectivity index (χ4v) is 2.10. The molecule has 1 amide bonds. The molecule has 0 aliphatic heterocycles. The second kappa shape index (κ2) is 6.05. The number of aromatic amines is 1. The van der Waals surface area contributed by atoms with E-state index in [1.807, 2.05) is 33.8 Å². The van der Waals surface area contributed by atoms with Gasteiger partial charge in [0.2, 0.25) is 0 Å². The first kappa shape index (κ1) is 14.8. The van der Waals surface area contributed by atoms with Gasteiger partial charge in [-0.05, 0) is 38.3 Å². The highest BCUT2D eigenvalue weighted by Gasteiger charge is 2.26. The zero-order chi connectivity index (χ0) is 13.8. The summed E-state index contributed by atoms with van der Waals surface area (Å²) in [5.41, 5.74) is 2.35. The van der Waals surface area contributed by atoms with Crippen molar-refractivity contribution in [2.75, 3.05) is 13.2 Å². The number of nitrogens with one attached hydrogen (secondary N) is 2. The molecular formula is C14H24N2O2. The number of hydrogen-bond acceptors (Lipinski definition) is 2. The Morgan fingerprint density at radius 2 is 2.00 bits per heavy atom. The highest BCUT2D eigenvalue weighted by molar-refractivity contribution is 5.94. The maximum atomic E-state index is 12.0. The molecule has 0 saturated heterocycles. The summed E-state index contributed by atoms with van der Waals surface area (Å²) in [6.45, 7) is 8.53. The summed E-state index contributed by atoms with van der Waals surface area (Å²) < 4.78 is 0. The van der Waals surface area contributed by atoms with E-state index >= 15 is 0 Å². The van der Waals surface area contributed by atoms with Crippen LogP contribution in [0.5, 0.6) is 0 Å². The fraction of sp³-hybridized carbons (Fsp3) is 0.643. The van der Waals surface area contributed by atoms with Crippen molar-refractivity contribution in [2.24, 2.45) is 5.41 Å². The molecule has 1 heterocycles. The van der Waals surface area contributed by atoms with Crippen LogP contribution in [0, 0.1) is 19.3 Å². The van der Waals surface area contributed by atoms with Gasteiger partial charge >= 0.3 is 0 Å². The van der Waals surface area contributed by atoms with E-state index in [0.29, 0.717) is 12.2 Å². The molecule has 0 aliphatic rings. The van der Waals surface area contributed by atoms with Gasteiger partial charge in [0.1, 0.15) is 5.69 Å². The van der Waals surface area contributed by atoms with Crippen LogP contribution >= 0.6 is 0 Å².